The Labute approximate surface area is 133 Å². The number of aliphatic imine (C=N–C) groups is 1. The van der Waals surface area contributed by atoms with Gasteiger partial charge in [-0.1, -0.05) is 18.2 Å². The van der Waals surface area contributed by atoms with Crippen LogP contribution in [0.3, 0.4) is 0 Å². The normalized spacial score (nSPS) is 10.6. The standard InChI is InChI=1S/C14H23N3O.HI/c1-4-15-14(16-5-2)17(3)11-12-18-13-9-7-6-8-10-13;/h6-10H,4-5,11-12H2,1-3H3,(H,15,16);1H. The van der Waals surface area contributed by atoms with Gasteiger partial charge in [-0.3, -0.25) is 4.99 Å². The van der Waals surface area contributed by atoms with Crippen molar-refractivity contribution in [3.05, 3.63) is 30.3 Å². The molecule has 0 amide bonds. The number of likely N-dealkylation sites (N-methyl/N-ethyl adjacent to an activating group) is 1. The van der Waals surface area contributed by atoms with Gasteiger partial charge in [-0.15, -0.1) is 24.0 Å². The Morgan fingerprint density at radius 3 is 2.53 bits per heavy atom. The van der Waals surface area contributed by atoms with Crippen LogP contribution >= 0.6 is 24.0 Å². The average molecular weight is 377 g/mol. The molecule has 0 heterocycles. The van der Waals surface area contributed by atoms with Crippen LogP contribution in [0.2, 0.25) is 0 Å². The Hall–Kier alpha value is -0.980. The molecule has 4 nitrogen and oxygen atoms in total. The Morgan fingerprint density at radius 1 is 1.26 bits per heavy atom. The van der Waals surface area contributed by atoms with Gasteiger partial charge in [-0.2, -0.15) is 0 Å². The fourth-order valence-electron chi connectivity index (χ4n) is 1.54. The van der Waals surface area contributed by atoms with E-state index >= 15 is 0 Å². The molecule has 1 rings (SSSR count). The van der Waals surface area contributed by atoms with Gasteiger partial charge < -0.3 is 15.0 Å². The topological polar surface area (TPSA) is 36.9 Å². The summed E-state index contributed by atoms with van der Waals surface area (Å²) < 4.78 is 5.66. The highest BCUT2D eigenvalue weighted by molar-refractivity contribution is 14.0. The predicted octanol–water partition coefficient (Wildman–Crippen LogP) is 2.60. The first-order chi connectivity index (χ1) is 8.77. The summed E-state index contributed by atoms with van der Waals surface area (Å²) >= 11 is 0. The minimum absolute atomic E-state index is 0. The van der Waals surface area contributed by atoms with Crippen molar-refractivity contribution in [2.24, 2.45) is 4.99 Å². The van der Waals surface area contributed by atoms with E-state index in [1.54, 1.807) is 0 Å². The van der Waals surface area contributed by atoms with Crippen molar-refractivity contribution in [2.45, 2.75) is 13.8 Å². The van der Waals surface area contributed by atoms with Crippen molar-refractivity contribution >= 4 is 29.9 Å². The van der Waals surface area contributed by atoms with Gasteiger partial charge in [0.2, 0.25) is 0 Å². The molecule has 1 aromatic rings. The first-order valence-corrected chi connectivity index (χ1v) is 6.45. The second-order valence-electron chi connectivity index (χ2n) is 3.91. The smallest absolute Gasteiger partial charge is 0.193 e. The Kier molecular flexibility index (Phi) is 10.3. The van der Waals surface area contributed by atoms with E-state index < -0.39 is 0 Å². The number of hydrogen-bond acceptors (Lipinski definition) is 2. The SMILES string of the molecule is CCN=C(NCC)N(C)CCOc1ccccc1.I. The van der Waals surface area contributed by atoms with Crippen LogP contribution in [-0.4, -0.2) is 44.1 Å². The summed E-state index contributed by atoms with van der Waals surface area (Å²) in [6.45, 7) is 7.22. The lowest BCUT2D eigenvalue weighted by Gasteiger charge is -2.21. The highest BCUT2D eigenvalue weighted by atomic mass is 127. The fourth-order valence-corrected chi connectivity index (χ4v) is 1.54. The quantitative estimate of drug-likeness (QED) is 0.471. The molecular formula is C14H24IN3O. The molecule has 108 valence electrons. The molecule has 1 N–H and O–H groups in total. The van der Waals surface area contributed by atoms with Gasteiger partial charge in [0, 0.05) is 20.1 Å². The van der Waals surface area contributed by atoms with Crippen LogP contribution in [0.1, 0.15) is 13.8 Å². The lowest BCUT2D eigenvalue weighted by atomic mass is 10.3. The predicted molar refractivity (Wildman–Crippen MR) is 91.6 cm³/mol. The second-order valence-corrected chi connectivity index (χ2v) is 3.91. The van der Waals surface area contributed by atoms with Gasteiger partial charge >= 0.3 is 0 Å². The van der Waals surface area contributed by atoms with E-state index in [1.807, 2.05) is 44.3 Å². The van der Waals surface area contributed by atoms with Crippen molar-refractivity contribution in [3.63, 3.8) is 0 Å². The van der Waals surface area contributed by atoms with E-state index in [-0.39, 0.29) is 24.0 Å². The van der Waals surface area contributed by atoms with Crippen molar-refractivity contribution in [1.82, 2.24) is 10.2 Å². The zero-order valence-corrected chi connectivity index (χ0v) is 14.3. The summed E-state index contributed by atoms with van der Waals surface area (Å²) in [5, 5.41) is 3.25. The number of benzene rings is 1. The molecule has 0 aliphatic rings. The van der Waals surface area contributed by atoms with Crippen LogP contribution in [0, 0.1) is 0 Å². The molecule has 19 heavy (non-hydrogen) atoms. The molecule has 0 aliphatic carbocycles. The number of halogens is 1. The molecule has 1 aromatic carbocycles. The molecule has 5 heteroatoms. The van der Waals surface area contributed by atoms with E-state index in [1.165, 1.54) is 0 Å². The maximum absolute atomic E-state index is 5.66. The molecule has 0 atom stereocenters. The number of hydrogen-bond donors (Lipinski definition) is 1. The van der Waals surface area contributed by atoms with Crippen LogP contribution in [0.15, 0.2) is 35.3 Å². The zero-order valence-electron chi connectivity index (χ0n) is 11.9. The molecule has 0 unspecified atom stereocenters. The van der Waals surface area contributed by atoms with E-state index in [2.05, 4.69) is 22.1 Å². The number of guanidine groups is 1. The van der Waals surface area contributed by atoms with Crippen LogP contribution in [0.25, 0.3) is 0 Å². The highest BCUT2D eigenvalue weighted by Gasteiger charge is 2.04. The number of ether oxygens (including phenoxy) is 1. The molecule has 0 aliphatic heterocycles. The van der Waals surface area contributed by atoms with Crippen LogP contribution < -0.4 is 10.1 Å². The Balaban J connectivity index is 0.00000324. The van der Waals surface area contributed by atoms with Crippen molar-refractivity contribution < 1.29 is 4.74 Å². The second kappa shape index (κ2) is 10.9. The van der Waals surface area contributed by atoms with Gasteiger partial charge in [0.15, 0.2) is 5.96 Å². The summed E-state index contributed by atoms with van der Waals surface area (Å²) in [4.78, 5) is 6.49. The van der Waals surface area contributed by atoms with Crippen LogP contribution in [-0.2, 0) is 0 Å². The van der Waals surface area contributed by atoms with Gasteiger partial charge in [0.1, 0.15) is 12.4 Å². The van der Waals surface area contributed by atoms with Crippen molar-refractivity contribution in [2.75, 3.05) is 33.3 Å². The summed E-state index contributed by atoms with van der Waals surface area (Å²) in [5.74, 6) is 1.83. The number of rotatable bonds is 6. The van der Waals surface area contributed by atoms with E-state index in [4.69, 9.17) is 4.74 Å². The minimum atomic E-state index is 0. The molecule has 0 aromatic heterocycles. The largest absolute Gasteiger partial charge is 0.492 e. The van der Waals surface area contributed by atoms with Gasteiger partial charge in [-0.25, -0.2) is 0 Å². The monoisotopic (exact) mass is 377 g/mol. The zero-order chi connectivity index (χ0) is 13.2. The highest BCUT2D eigenvalue weighted by Crippen LogP contribution is 2.07. The summed E-state index contributed by atoms with van der Waals surface area (Å²) in [6, 6.07) is 9.86. The fraction of sp³-hybridized carbons (Fsp3) is 0.500. The van der Waals surface area contributed by atoms with Gasteiger partial charge in [0.25, 0.3) is 0 Å². The molecule has 0 bridgehead atoms. The maximum Gasteiger partial charge on any atom is 0.193 e. The first kappa shape index (κ1) is 18.0. The number of nitrogens with zero attached hydrogens (tertiary/aromatic N) is 2. The van der Waals surface area contributed by atoms with Crippen molar-refractivity contribution in [1.29, 1.82) is 0 Å². The first-order valence-electron chi connectivity index (χ1n) is 6.45. The summed E-state index contributed by atoms with van der Waals surface area (Å²) in [5.41, 5.74) is 0. The molecule has 0 radical (unpaired) electrons. The van der Waals surface area contributed by atoms with E-state index in [9.17, 15) is 0 Å². The summed E-state index contributed by atoms with van der Waals surface area (Å²) in [7, 11) is 2.02. The van der Waals surface area contributed by atoms with Crippen LogP contribution in [0.5, 0.6) is 5.75 Å². The molecule has 0 fully saturated rings. The maximum atomic E-state index is 5.66. The molecule has 0 saturated carbocycles. The van der Waals surface area contributed by atoms with E-state index in [0.29, 0.717) is 6.61 Å². The Bertz CT molecular complexity index is 357. The van der Waals surface area contributed by atoms with Crippen molar-refractivity contribution in [3.8, 4) is 5.75 Å². The molecule has 0 spiro atoms. The Morgan fingerprint density at radius 2 is 1.95 bits per heavy atom. The van der Waals surface area contributed by atoms with Gasteiger partial charge in [0.05, 0.1) is 6.54 Å². The summed E-state index contributed by atoms with van der Waals surface area (Å²) in [6.07, 6.45) is 0. The molecule has 0 saturated heterocycles. The third-order valence-electron chi connectivity index (χ3n) is 2.44. The number of nitrogens with one attached hydrogen (secondary N) is 1. The van der Waals surface area contributed by atoms with Crippen LogP contribution in [0.4, 0.5) is 0 Å². The average Bonchev–Trinajstić information content (AvgIpc) is 2.39. The molecular weight excluding hydrogens is 353 g/mol. The minimum Gasteiger partial charge on any atom is -0.492 e. The van der Waals surface area contributed by atoms with E-state index in [0.717, 1.165) is 31.3 Å². The third-order valence-corrected chi connectivity index (χ3v) is 2.44. The lowest BCUT2D eigenvalue weighted by Crippen LogP contribution is -2.40. The van der Waals surface area contributed by atoms with Gasteiger partial charge in [-0.05, 0) is 26.0 Å². The number of para-hydroxylation sites is 1. The lowest BCUT2D eigenvalue weighted by molar-refractivity contribution is 0.281. The third kappa shape index (κ3) is 7.25.